The Bertz CT molecular complexity index is 445. The summed E-state index contributed by atoms with van der Waals surface area (Å²) in [6, 6.07) is 8.63. The van der Waals surface area contributed by atoms with Crippen LogP contribution in [0.3, 0.4) is 0 Å². The van der Waals surface area contributed by atoms with Gasteiger partial charge in [-0.15, -0.1) is 0 Å². The Balaban J connectivity index is 0.00000128. The smallest absolute Gasteiger partial charge is 0.0135 e. The summed E-state index contributed by atoms with van der Waals surface area (Å²) in [7, 11) is 0. The highest BCUT2D eigenvalue weighted by atomic mass is 14.0. The van der Waals surface area contributed by atoms with Crippen LogP contribution in [-0.2, 0) is 0 Å². The average molecular weight is 212 g/mol. The predicted molar refractivity (Wildman–Crippen MR) is 73.4 cm³/mol. The minimum absolute atomic E-state index is 0. The quantitative estimate of drug-likeness (QED) is 0.619. The van der Waals surface area contributed by atoms with E-state index in [0.717, 1.165) is 6.42 Å². The molecule has 0 N–H and O–H groups in total. The molecule has 0 nitrogen and oxygen atoms in total. The van der Waals surface area contributed by atoms with Gasteiger partial charge in [-0.2, -0.15) is 0 Å². The Morgan fingerprint density at radius 3 is 2.62 bits per heavy atom. The van der Waals surface area contributed by atoms with Gasteiger partial charge in [0.2, 0.25) is 0 Å². The van der Waals surface area contributed by atoms with E-state index < -0.39 is 0 Å². The second-order valence-electron chi connectivity index (χ2n) is 4.11. The third kappa shape index (κ3) is 2.96. The molecule has 0 atom stereocenters. The third-order valence-electron chi connectivity index (χ3n) is 2.64. The number of hydrogen-bond acceptors (Lipinski definition) is 0. The van der Waals surface area contributed by atoms with E-state index in [1.165, 1.54) is 22.3 Å². The van der Waals surface area contributed by atoms with Crippen LogP contribution in [0.2, 0.25) is 0 Å². The van der Waals surface area contributed by atoms with Crippen molar-refractivity contribution >= 4 is 5.57 Å². The fraction of sp³-hybridized carbons (Fsp3) is 0.250. The predicted octanol–water partition coefficient (Wildman–Crippen LogP) is 4.92. The highest BCUT2D eigenvalue weighted by molar-refractivity contribution is 5.76. The zero-order valence-electron chi connectivity index (χ0n) is 9.33. The molecule has 0 saturated heterocycles. The van der Waals surface area contributed by atoms with Gasteiger partial charge in [0.25, 0.3) is 0 Å². The van der Waals surface area contributed by atoms with Crippen LogP contribution >= 0.6 is 0 Å². The molecule has 0 saturated carbocycles. The summed E-state index contributed by atoms with van der Waals surface area (Å²) in [6.45, 7) is 4.30. The van der Waals surface area contributed by atoms with E-state index in [2.05, 4.69) is 62.4 Å². The molecule has 0 aromatic heterocycles. The monoisotopic (exact) mass is 212 g/mol. The maximum atomic E-state index is 2.23. The first-order chi connectivity index (χ1) is 7.25. The molecule has 16 heavy (non-hydrogen) atoms. The molecule has 0 radical (unpaired) electrons. The molecule has 1 aliphatic rings. The van der Waals surface area contributed by atoms with Gasteiger partial charge in [0.1, 0.15) is 0 Å². The normalized spacial score (nSPS) is 14.6. The zero-order chi connectivity index (χ0) is 10.7. The molecule has 1 aliphatic carbocycles. The Hall–Kier alpha value is -1.56. The van der Waals surface area contributed by atoms with Gasteiger partial charge < -0.3 is 0 Å². The minimum atomic E-state index is 0. The molecule has 0 fully saturated rings. The van der Waals surface area contributed by atoms with E-state index in [1.54, 1.807) is 0 Å². The van der Waals surface area contributed by atoms with Gasteiger partial charge in [-0.3, -0.25) is 0 Å². The first-order valence-corrected chi connectivity index (χ1v) is 5.37. The van der Waals surface area contributed by atoms with Crippen LogP contribution in [0, 0.1) is 6.92 Å². The van der Waals surface area contributed by atoms with E-state index in [-0.39, 0.29) is 7.43 Å². The molecular formula is C16H20. The summed E-state index contributed by atoms with van der Waals surface area (Å²) in [5.41, 5.74) is 5.33. The van der Waals surface area contributed by atoms with Crippen molar-refractivity contribution in [2.24, 2.45) is 0 Å². The molecule has 0 bridgehead atoms. The van der Waals surface area contributed by atoms with Crippen molar-refractivity contribution in [3.8, 4) is 0 Å². The van der Waals surface area contributed by atoms with E-state index in [1.807, 2.05) is 0 Å². The van der Waals surface area contributed by atoms with E-state index >= 15 is 0 Å². The maximum absolute atomic E-state index is 2.23. The molecule has 0 amide bonds. The van der Waals surface area contributed by atoms with Crippen molar-refractivity contribution in [2.45, 2.75) is 27.7 Å². The van der Waals surface area contributed by atoms with E-state index in [4.69, 9.17) is 0 Å². The summed E-state index contributed by atoms with van der Waals surface area (Å²) in [6.07, 6.45) is 9.91. The van der Waals surface area contributed by atoms with Crippen LogP contribution in [0.5, 0.6) is 0 Å². The SMILES string of the molecule is C.CC1=CC=C(c2cccc(C)c2)C=CC1. The molecular weight excluding hydrogens is 192 g/mol. The van der Waals surface area contributed by atoms with Gasteiger partial charge in [-0.25, -0.2) is 0 Å². The molecule has 0 heterocycles. The lowest BCUT2D eigenvalue weighted by atomic mass is 10.0. The van der Waals surface area contributed by atoms with Crippen LogP contribution in [0.15, 0.2) is 54.1 Å². The lowest BCUT2D eigenvalue weighted by Gasteiger charge is -2.02. The van der Waals surface area contributed by atoms with Crippen LogP contribution in [0.4, 0.5) is 0 Å². The minimum Gasteiger partial charge on any atom is -0.0799 e. The van der Waals surface area contributed by atoms with Crippen LogP contribution < -0.4 is 0 Å². The number of hydrogen-bond donors (Lipinski definition) is 0. The van der Waals surface area contributed by atoms with Crippen molar-refractivity contribution in [1.82, 2.24) is 0 Å². The van der Waals surface area contributed by atoms with Crippen LogP contribution in [-0.4, -0.2) is 0 Å². The van der Waals surface area contributed by atoms with Crippen molar-refractivity contribution in [2.75, 3.05) is 0 Å². The van der Waals surface area contributed by atoms with E-state index in [0.29, 0.717) is 0 Å². The Morgan fingerprint density at radius 1 is 1.06 bits per heavy atom. The largest absolute Gasteiger partial charge is 0.0799 e. The van der Waals surface area contributed by atoms with Crippen molar-refractivity contribution in [1.29, 1.82) is 0 Å². The highest BCUT2D eigenvalue weighted by Gasteiger charge is 1.99. The number of aryl methyl sites for hydroxylation is 1. The van der Waals surface area contributed by atoms with Crippen molar-refractivity contribution < 1.29 is 0 Å². The summed E-state index contributed by atoms with van der Waals surface area (Å²) in [5.74, 6) is 0. The van der Waals surface area contributed by atoms with Gasteiger partial charge in [0, 0.05) is 0 Å². The van der Waals surface area contributed by atoms with Gasteiger partial charge in [-0.1, -0.05) is 67.1 Å². The van der Waals surface area contributed by atoms with Gasteiger partial charge >= 0.3 is 0 Å². The number of rotatable bonds is 1. The fourth-order valence-corrected chi connectivity index (χ4v) is 1.74. The van der Waals surface area contributed by atoms with Gasteiger partial charge in [-0.05, 0) is 31.4 Å². The Labute approximate surface area is 99.0 Å². The fourth-order valence-electron chi connectivity index (χ4n) is 1.74. The summed E-state index contributed by atoms with van der Waals surface area (Å²) >= 11 is 0. The molecule has 1 aromatic carbocycles. The maximum Gasteiger partial charge on any atom is -0.0135 e. The second-order valence-corrected chi connectivity index (χ2v) is 4.11. The highest BCUT2D eigenvalue weighted by Crippen LogP contribution is 2.21. The summed E-state index contributed by atoms with van der Waals surface area (Å²) in [4.78, 5) is 0. The van der Waals surface area contributed by atoms with Gasteiger partial charge in [0.15, 0.2) is 0 Å². The number of allylic oxidation sites excluding steroid dienone is 6. The number of benzene rings is 1. The molecule has 0 aliphatic heterocycles. The van der Waals surface area contributed by atoms with Crippen molar-refractivity contribution in [3.63, 3.8) is 0 Å². The Morgan fingerprint density at radius 2 is 1.88 bits per heavy atom. The second kappa shape index (κ2) is 5.50. The molecule has 0 heteroatoms. The van der Waals surface area contributed by atoms with Crippen molar-refractivity contribution in [3.05, 3.63) is 65.3 Å². The molecule has 0 spiro atoms. The molecule has 0 unspecified atom stereocenters. The first-order valence-electron chi connectivity index (χ1n) is 5.37. The summed E-state index contributed by atoms with van der Waals surface area (Å²) < 4.78 is 0. The molecule has 2 rings (SSSR count). The third-order valence-corrected chi connectivity index (χ3v) is 2.64. The Kier molecular flexibility index (Phi) is 4.30. The summed E-state index contributed by atoms with van der Waals surface area (Å²) in [5, 5.41) is 0. The zero-order valence-corrected chi connectivity index (χ0v) is 9.33. The molecule has 84 valence electrons. The van der Waals surface area contributed by atoms with E-state index in [9.17, 15) is 0 Å². The lowest BCUT2D eigenvalue weighted by molar-refractivity contribution is 1.22. The topological polar surface area (TPSA) is 0 Å². The molecule has 1 aromatic rings. The lowest BCUT2D eigenvalue weighted by Crippen LogP contribution is -1.81. The van der Waals surface area contributed by atoms with Crippen LogP contribution in [0.25, 0.3) is 5.57 Å². The average Bonchev–Trinajstić information content (AvgIpc) is 2.43. The first kappa shape index (κ1) is 12.5. The standard InChI is InChI=1S/C15H16.CH4/c1-12-5-3-7-14(10-9-12)15-8-4-6-13(2)11-15;/h3-4,6-11H,5H2,1-2H3;1H4. The van der Waals surface area contributed by atoms with Gasteiger partial charge in [0.05, 0.1) is 0 Å². The van der Waals surface area contributed by atoms with Crippen LogP contribution in [0.1, 0.15) is 31.9 Å².